The average molecular weight is 488 g/mol. The van der Waals surface area contributed by atoms with Gasteiger partial charge in [0.25, 0.3) is 15.9 Å². The lowest BCUT2D eigenvalue weighted by molar-refractivity contribution is 0.0746. The molecule has 3 aromatic rings. The fourth-order valence-electron chi connectivity index (χ4n) is 3.76. The van der Waals surface area contributed by atoms with Gasteiger partial charge >= 0.3 is 0 Å². The van der Waals surface area contributed by atoms with Crippen LogP contribution in [0.5, 0.6) is 0 Å². The maximum atomic E-state index is 14.0. The van der Waals surface area contributed by atoms with Gasteiger partial charge in [0, 0.05) is 43.8 Å². The van der Waals surface area contributed by atoms with E-state index in [1.165, 1.54) is 37.4 Å². The normalized spacial score (nSPS) is 14.3. The van der Waals surface area contributed by atoms with Gasteiger partial charge in [0.15, 0.2) is 0 Å². The number of amides is 1. The summed E-state index contributed by atoms with van der Waals surface area (Å²) in [5.74, 6) is -0.413. The minimum absolute atomic E-state index is 0.127. The van der Waals surface area contributed by atoms with E-state index in [2.05, 4.69) is 0 Å². The summed E-state index contributed by atoms with van der Waals surface area (Å²) in [6.07, 6.45) is 0. The molecule has 33 heavy (non-hydrogen) atoms. The highest BCUT2D eigenvalue weighted by Crippen LogP contribution is 2.25. The molecule has 0 aliphatic carbocycles. The van der Waals surface area contributed by atoms with E-state index in [1.807, 2.05) is 4.90 Å². The van der Waals surface area contributed by atoms with E-state index in [-0.39, 0.29) is 16.6 Å². The molecule has 172 valence electrons. The molecule has 0 bridgehead atoms. The van der Waals surface area contributed by atoms with Gasteiger partial charge in [0.1, 0.15) is 5.82 Å². The number of hydrogen-bond acceptors (Lipinski definition) is 4. The molecule has 3 aromatic carbocycles. The van der Waals surface area contributed by atoms with Gasteiger partial charge in [-0.2, -0.15) is 0 Å². The fourth-order valence-corrected chi connectivity index (χ4v) is 5.08. The number of piperazine rings is 1. The Morgan fingerprint density at radius 2 is 1.52 bits per heavy atom. The Morgan fingerprint density at radius 3 is 2.12 bits per heavy atom. The maximum Gasteiger partial charge on any atom is 0.264 e. The third kappa shape index (κ3) is 4.82. The zero-order valence-electron chi connectivity index (χ0n) is 18.0. The zero-order chi connectivity index (χ0) is 23.6. The summed E-state index contributed by atoms with van der Waals surface area (Å²) in [6.45, 7) is 2.01. The zero-order valence-corrected chi connectivity index (χ0v) is 19.6. The van der Waals surface area contributed by atoms with E-state index in [0.29, 0.717) is 48.1 Å². The molecule has 1 aliphatic heterocycles. The molecule has 9 heteroatoms. The first-order valence-electron chi connectivity index (χ1n) is 10.4. The summed E-state index contributed by atoms with van der Waals surface area (Å²) >= 11 is 5.85. The van der Waals surface area contributed by atoms with Crippen molar-refractivity contribution in [2.45, 2.75) is 4.90 Å². The smallest absolute Gasteiger partial charge is 0.264 e. The van der Waals surface area contributed by atoms with E-state index >= 15 is 0 Å². The molecule has 1 aliphatic rings. The average Bonchev–Trinajstić information content (AvgIpc) is 2.84. The highest BCUT2D eigenvalue weighted by atomic mass is 35.5. The summed E-state index contributed by atoms with van der Waals surface area (Å²) < 4.78 is 40.9. The van der Waals surface area contributed by atoms with Gasteiger partial charge in [-0.3, -0.25) is 9.10 Å². The highest BCUT2D eigenvalue weighted by molar-refractivity contribution is 7.92. The first-order chi connectivity index (χ1) is 15.8. The van der Waals surface area contributed by atoms with E-state index < -0.39 is 10.0 Å². The largest absolute Gasteiger partial charge is 0.366 e. The molecule has 0 saturated carbocycles. The molecule has 0 atom stereocenters. The lowest BCUT2D eigenvalue weighted by Crippen LogP contribution is -2.49. The molecule has 0 aromatic heterocycles. The number of halogens is 2. The maximum absolute atomic E-state index is 14.0. The molecule has 1 heterocycles. The van der Waals surface area contributed by atoms with E-state index in [4.69, 9.17) is 11.6 Å². The number of carbonyl (C=O) groups is 1. The molecule has 0 N–H and O–H groups in total. The van der Waals surface area contributed by atoms with Gasteiger partial charge in [-0.25, -0.2) is 12.8 Å². The van der Waals surface area contributed by atoms with E-state index in [0.717, 1.165) is 4.31 Å². The van der Waals surface area contributed by atoms with Crippen LogP contribution in [0.25, 0.3) is 0 Å². The molecule has 0 spiro atoms. The standard InChI is InChI=1S/C24H23ClFN3O3S/c1-27(33(31,32)21-12-8-19(25)9-13-21)20-10-6-18(7-11-20)24(30)29-16-14-28(15-17-29)23-5-3-2-4-22(23)26/h2-13H,14-17H2,1H3. The second-order valence-corrected chi connectivity index (χ2v) is 10.1. The summed E-state index contributed by atoms with van der Waals surface area (Å²) in [6, 6.07) is 19.0. The first kappa shape index (κ1) is 23.1. The molecular formula is C24H23ClFN3O3S. The Balaban J connectivity index is 1.42. The van der Waals surface area contributed by atoms with Crippen LogP contribution in [-0.4, -0.2) is 52.5 Å². The van der Waals surface area contributed by atoms with Crippen LogP contribution in [0.3, 0.4) is 0 Å². The number of carbonyl (C=O) groups excluding carboxylic acids is 1. The van der Waals surface area contributed by atoms with Gasteiger partial charge in [-0.05, 0) is 60.7 Å². The van der Waals surface area contributed by atoms with Crippen molar-refractivity contribution in [1.29, 1.82) is 0 Å². The summed E-state index contributed by atoms with van der Waals surface area (Å²) in [4.78, 5) is 16.7. The van der Waals surface area contributed by atoms with Crippen molar-refractivity contribution in [1.82, 2.24) is 4.90 Å². The van der Waals surface area contributed by atoms with Crippen LogP contribution in [0.2, 0.25) is 5.02 Å². The van der Waals surface area contributed by atoms with Crippen molar-refractivity contribution >= 4 is 38.9 Å². The van der Waals surface area contributed by atoms with Gasteiger partial charge < -0.3 is 9.80 Å². The molecule has 0 unspecified atom stereocenters. The van der Waals surface area contributed by atoms with Crippen LogP contribution in [0, 0.1) is 5.82 Å². The Kier molecular flexibility index (Phi) is 6.58. The Labute approximate surface area is 197 Å². The van der Waals surface area contributed by atoms with Crippen molar-refractivity contribution in [2.75, 3.05) is 42.4 Å². The quantitative estimate of drug-likeness (QED) is 0.539. The monoisotopic (exact) mass is 487 g/mol. The number of benzene rings is 3. The number of hydrogen-bond donors (Lipinski definition) is 0. The van der Waals surface area contributed by atoms with Crippen LogP contribution >= 0.6 is 11.6 Å². The molecule has 4 rings (SSSR count). The van der Waals surface area contributed by atoms with E-state index in [9.17, 15) is 17.6 Å². The number of para-hydroxylation sites is 1. The Morgan fingerprint density at radius 1 is 0.909 bits per heavy atom. The SMILES string of the molecule is CN(c1ccc(C(=O)N2CCN(c3ccccc3F)CC2)cc1)S(=O)(=O)c1ccc(Cl)cc1. The lowest BCUT2D eigenvalue weighted by atomic mass is 10.1. The second-order valence-electron chi connectivity index (χ2n) is 7.70. The van der Waals surface area contributed by atoms with Gasteiger partial charge in [-0.1, -0.05) is 23.7 Å². The number of nitrogens with zero attached hydrogens (tertiary/aromatic N) is 3. The van der Waals surface area contributed by atoms with Crippen LogP contribution in [0.1, 0.15) is 10.4 Å². The predicted molar refractivity (Wildman–Crippen MR) is 128 cm³/mol. The van der Waals surface area contributed by atoms with Crippen LogP contribution in [0.4, 0.5) is 15.8 Å². The fraction of sp³-hybridized carbons (Fsp3) is 0.208. The number of sulfonamides is 1. The van der Waals surface area contributed by atoms with Gasteiger partial charge in [-0.15, -0.1) is 0 Å². The van der Waals surface area contributed by atoms with Crippen LogP contribution in [0.15, 0.2) is 77.7 Å². The Bertz CT molecular complexity index is 1240. The molecular weight excluding hydrogens is 465 g/mol. The van der Waals surface area contributed by atoms with Crippen molar-refractivity contribution in [3.05, 3.63) is 89.2 Å². The summed E-state index contributed by atoms with van der Waals surface area (Å²) in [5.41, 5.74) is 1.44. The lowest BCUT2D eigenvalue weighted by Gasteiger charge is -2.36. The van der Waals surface area contributed by atoms with Crippen molar-refractivity contribution in [2.24, 2.45) is 0 Å². The summed E-state index contributed by atoms with van der Waals surface area (Å²) in [7, 11) is -2.29. The number of anilines is 2. The Hall–Kier alpha value is -3.10. The van der Waals surface area contributed by atoms with Gasteiger partial charge in [0.05, 0.1) is 16.3 Å². The molecule has 1 fully saturated rings. The van der Waals surface area contributed by atoms with Crippen molar-refractivity contribution in [3.63, 3.8) is 0 Å². The minimum Gasteiger partial charge on any atom is -0.366 e. The summed E-state index contributed by atoms with van der Waals surface area (Å²) in [5, 5.41) is 0.453. The topological polar surface area (TPSA) is 60.9 Å². The number of rotatable bonds is 5. The van der Waals surface area contributed by atoms with Crippen molar-refractivity contribution < 1.29 is 17.6 Å². The first-order valence-corrected chi connectivity index (χ1v) is 12.2. The van der Waals surface area contributed by atoms with Crippen molar-refractivity contribution in [3.8, 4) is 0 Å². The third-order valence-corrected chi connectivity index (χ3v) is 7.76. The molecule has 0 radical (unpaired) electrons. The molecule has 1 saturated heterocycles. The second kappa shape index (κ2) is 9.41. The molecule has 6 nitrogen and oxygen atoms in total. The van der Waals surface area contributed by atoms with Gasteiger partial charge in [0.2, 0.25) is 0 Å². The third-order valence-electron chi connectivity index (χ3n) is 5.71. The highest BCUT2D eigenvalue weighted by Gasteiger charge is 2.25. The van der Waals surface area contributed by atoms with E-state index in [1.54, 1.807) is 47.4 Å². The minimum atomic E-state index is -3.76. The van der Waals surface area contributed by atoms with Crippen LogP contribution in [-0.2, 0) is 10.0 Å². The molecule has 1 amide bonds. The van der Waals surface area contributed by atoms with Crippen LogP contribution < -0.4 is 9.21 Å². The predicted octanol–water partition coefficient (Wildman–Crippen LogP) is 4.27.